The molecule has 1 aliphatic rings. The van der Waals surface area contributed by atoms with Crippen molar-refractivity contribution in [3.05, 3.63) is 48.0 Å². The van der Waals surface area contributed by atoms with E-state index in [4.69, 9.17) is 4.74 Å². The lowest BCUT2D eigenvalue weighted by Crippen LogP contribution is -2.40. The molecule has 1 saturated heterocycles. The summed E-state index contributed by atoms with van der Waals surface area (Å²) in [4.78, 5) is 18.3. The summed E-state index contributed by atoms with van der Waals surface area (Å²) in [5.74, 6) is 0.254. The number of aryl methyl sites for hydroxylation is 1. The van der Waals surface area contributed by atoms with Crippen molar-refractivity contribution in [3.8, 4) is 0 Å². The van der Waals surface area contributed by atoms with Crippen LogP contribution in [0.15, 0.2) is 36.9 Å². The van der Waals surface area contributed by atoms with Gasteiger partial charge in [0, 0.05) is 38.1 Å². The van der Waals surface area contributed by atoms with Crippen LogP contribution in [-0.4, -0.2) is 45.2 Å². The van der Waals surface area contributed by atoms with Gasteiger partial charge in [0.1, 0.15) is 0 Å². The SMILES string of the molecule is O=C(CCCc1cn[nH]c1)N1CCC(OCc2cccnc2)CC1. The van der Waals surface area contributed by atoms with E-state index < -0.39 is 0 Å². The molecule has 3 rings (SSSR count). The quantitative estimate of drug-likeness (QED) is 0.847. The van der Waals surface area contributed by atoms with Crippen molar-refractivity contribution in [1.82, 2.24) is 20.1 Å². The van der Waals surface area contributed by atoms with Crippen LogP contribution in [0.3, 0.4) is 0 Å². The number of nitrogens with one attached hydrogen (secondary N) is 1. The van der Waals surface area contributed by atoms with Crippen LogP contribution < -0.4 is 0 Å². The number of nitrogens with zero attached hydrogens (tertiary/aromatic N) is 3. The monoisotopic (exact) mass is 328 g/mol. The van der Waals surface area contributed by atoms with Crippen LogP contribution in [0.5, 0.6) is 0 Å². The van der Waals surface area contributed by atoms with Crippen LogP contribution in [0.4, 0.5) is 0 Å². The molecular weight excluding hydrogens is 304 g/mol. The number of aromatic amines is 1. The zero-order chi connectivity index (χ0) is 16.6. The lowest BCUT2D eigenvalue weighted by molar-refractivity contribution is -0.134. The molecule has 1 amide bonds. The summed E-state index contributed by atoms with van der Waals surface area (Å²) in [6.07, 6.45) is 11.7. The van der Waals surface area contributed by atoms with E-state index >= 15 is 0 Å². The van der Waals surface area contributed by atoms with Gasteiger partial charge in [-0.3, -0.25) is 14.9 Å². The Bertz CT molecular complexity index is 607. The Morgan fingerprint density at radius 3 is 2.88 bits per heavy atom. The van der Waals surface area contributed by atoms with Crippen molar-refractivity contribution >= 4 is 5.91 Å². The first kappa shape index (κ1) is 16.6. The van der Waals surface area contributed by atoms with E-state index in [1.807, 2.05) is 35.6 Å². The maximum Gasteiger partial charge on any atom is 0.222 e. The van der Waals surface area contributed by atoms with E-state index in [1.165, 1.54) is 0 Å². The van der Waals surface area contributed by atoms with Gasteiger partial charge in [-0.25, -0.2) is 0 Å². The van der Waals surface area contributed by atoms with Gasteiger partial charge in [-0.2, -0.15) is 5.10 Å². The summed E-state index contributed by atoms with van der Waals surface area (Å²) in [6.45, 7) is 2.18. The minimum atomic E-state index is 0.236. The summed E-state index contributed by atoms with van der Waals surface area (Å²) in [6, 6.07) is 3.94. The van der Waals surface area contributed by atoms with E-state index in [2.05, 4.69) is 15.2 Å². The molecule has 1 N–H and O–H groups in total. The van der Waals surface area contributed by atoms with E-state index in [0.29, 0.717) is 13.0 Å². The molecule has 0 saturated carbocycles. The highest BCUT2D eigenvalue weighted by molar-refractivity contribution is 5.76. The van der Waals surface area contributed by atoms with E-state index in [1.54, 1.807) is 6.20 Å². The molecule has 0 aromatic carbocycles. The Morgan fingerprint density at radius 2 is 2.17 bits per heavy atom. The summed E-state index contributed by atoms with van der Waals surface area (Å²) in [7, 11) is 0. The molecule has 6 nitrogen and oxygen atoms in total. The molecular formula is C18H24N4O2. The van der Waals surface area contributed by atoms with Gasteiger partial charge >= 0.3 is 0 Å². The molecule has 0 radical (unpaired) electrons. The average Bonchev–Trinajstić information content (AvgIpc) is 3.15. The zero-order valence-corrected chi connectivity index (χ0v) is 13.9. The fourth-order valence-electron chi connectivity index (χ4n) is 2.99. The topological polar surface area (TPSA) is 71.1 Å². The van der Waals surface area contributed by atoms with Crippen molar-refractivity contribution < 1.29 is 9.53 Å². The van der Waals surface area contributed by atoms with Gasteiger partial charge in [-0.1, -0.05) is 6.07 Å². The number of ether oxygens (including phenoxy) is 1. The Balaban J connectivity index is 1.33. The van der Waals surface area contributed by atoms with Crippen LogP contribution >= 0.6 is 0 Å². The van der Waals surface area contributed by atoms with Crippen molar-refractivity contribution in [2.24, 2.45) is 0 Å². The number of carbonyl (C=O) groups is 1. The van der Waals surface area contributed by atoms with Gasteiger partial charge in [0.15, 0.2) is 0 Å². The number of aromatic nitrogens is 3. The Hall–Kier alpha value is -2.21. The minimum absolute atomic E-state index is 0.236. The van der Waals surface area contributed by atoms with Crippen LogP contribution in [0.1, 0.15) is 36.8 Å². The second-order valence-electron chi connectivity index (χ2n) is 6.21. The third kappa shape index (κ3) is 4.89. The van der Waals surface area contributed by atoms with Crippen LogP contribution in [-0.2, 0) is 22.6 Å². The molecule has 2 aromatic heterocycles. The van der Waals surface area contributed by atoms with E-state index in [9.17, 15) is 4.79 Å². The Morgan fingerprint density at radius 1 is 1.29 bits per heavy atom. The summed E-state index contributed by atoms with van der Waals surface area (Å²) < 4.78 is 5.94. The first-order chi connectivity index (χ1) is 11.8. The largest absolute Gasteiger partial charge is 0.373 e. The molecule has 0 bridgehead atoms. The number of hydrogen-bond donors (Lipinski definition) is 1. The number of pyridine rings is 1. The average molecular weight is 328 g/mol. The normalized spacial score (nSPS) is 15.6. The number of H-pyrrole nitrogens is 1. The third-order valence-corrected chi connectivity index (χ3v) is 4.41. The van der Waals surface area contributed by atoms with Gasteiger partial charge in [0.2, 0.25) is 5.91 Å². The summed E-state index contributed by atoms with van der Waals surface area (Å²) in [5, 5.41) is 6.72. The van der Waals surface area contributed by atoms with E-state index in [0.717, 1.165) is 49.9 Å². The van der Waals surface area contributed by atoms with Crippen LogP contribution in [0.25, 0.3) is 0 Å². The van der Waals surface area contributed by atoms with Crippen LogP contribution in [0.2, 0.25) is 0 Å². The highest BCUT2D eigenvalue weighted by Crippen LogP contribution is 2.17. The first-order valence-electron chi connectivity index (χ1n) is 8.57. The molecule has 128 valence electrons. The molecule has 1 fully saturated rings. The van der Waals surface area contributed by atoms with Crippen molar-refractivity contribution in [3.63, 3.8) is 0 Å². The number of piperidine rings is 1. The standard InChI is InChI=1S/C18H24N4O2/c23-18(5-1-3-15-12-20-21-13-15)22-9-6-17(7-10-22)24-14-16-4-2-8-19-11-16/h2,4,8,11-13,17H,1,3,5-7,9-10,14H2,(H,20,21). The van der Waals surface area contributed by atoms with Gasteiger partial charge in [-0.15, -0.1) is 0 Å². The molecule has 0 aliphatic carbocycles. The van der Waals surface area contributed by atoms with Crippen molar-refractivity contribution in [2.45, 2.75) is 44.8 Å². The van der Waals surface area contributed by atoms with Gasteiger partial charge < -0.3 is 9.64 Å². The molecule has 0 atom stereocenters. The highest BCUT2D eigenvalue weighted by atomic mass is 16.5. The molecule has 3 heterocycles. The van der Waals surface area contributed by atoms with Crippen LogP contribution in [0, 0.1) is 0 Å². The summed E-state index contributed by atoms with van der Waals surface area (Å²) in [5.41, 5.74) is 2.25. The number of rotatable bonds is 7. The fraction of sp³-hybridized carbons (Fsp3) is 0.500. The lowest BCUT2D eigenvalue weighted by Gasteiger charge is -2.32. The van der Waals surface area contributed by atoms with Gasteiger partial charge in [0.25, 0.3) is 0 Å². The maximum absolute atomic E-state index is 12.3. The van der Waals surface area contributed by atoms with Gasteiger partial charge in [-0.05, 0) is 42.9 Å². The zero-order valence-electron chi connectivity index (χ0n) is 13.9. The predicted molar refractivity (Wildman–Crippen MR) is 90.2 cm³/mol. The Kier molecular flexibility index (Phi) is 5.96. The number of hydrogen-bond acceptors (Lipinski definition) is 4. The maximum atomic E-state index is 12.3. The second kappa shape index (κ2) is 8.59. The highest BCUT2D eigenvalue weighted by Gasteiger charge is 2.22. The molecule has 2 aromatic rings. The molecule has 0 spiro atoms. The molecule has 24 heavy (non-hydrogen) atoms. The number of likely N-dealkylation sites (tertiary alicyclic amines) is 1. The number of carbonyl (C=O) groups excluding carboxylic acids is 1. The summed E-state index contributed by atoms with van der Waals surface area (Å²) >= 11 is 0. The number of amides is 1. The first-order valence-corrected chi connectivity index (χ1v) is 8.57. The fourth-order valence-corrected chi connectivity index (χ4v) is 2.99. The second-order valence-corrected chi connectivity index (χ2v) is 6.21. The van der Waals surface area contributed by atoms with Gasteiger partial charge in [0.05, 0.1) is 18.9 Å². The van der Waals surface area contributed by atoms with Crippen molar-refractivity contribution in [2.75, 3.05) is 13.1 Å². The lowest BCUT2D eigenvalue weighted by atomic mass is 10.1. The predicted octanol–water partition coefficient (Wildman–Crippen LogP) is 2.34. The molecule has 0 unspecified atom stereocenters. The third-order valence-electron chi connectivity index (χ3n) is 4.41. The van der Waals surface area contributed by atoms with Crippen molar-refractivity contribution in [1.29, 1.82) is 0 Å². The minimum Gasteiger partial charge on any atom is -0.373 e. The Labute approximate surface area is 142 Å². The van der Waals surface area contributed by atoms with E-state index in [-0.39, 0.29) is 12.0 Å². The molecule has 1 aliphatic heterocycles. The smallest absolute Gasteiger partial charge is 0.222 e. The molecule has 6 heteroatoms.